The maximum Gasteiger partial charge on any atom is 0.338 e. The zero-order valence-electron chi connectivity index (χ0n) is 17.3. The Kier molecular flexibility index (Phi) is 5.81. The van der Waals surface area contributed by atoms with Crippen molar-refractivity contribution in [3.63, 3.8) is 0 Å². The van der Waals surface area contributed by atoms with Gasteiger partial charge in [0.25, 0.3) is 17.7 Å². The van der Waals surface area contributed by atoms with Crippen molar-refractivity contribution in [3.05, 3.63) is 101 Å². The molecule has 7 nitrogen and oxygen atoms in total. The summed E-state index contributed by atoms with van der Waals surface area (Å²) in [5.41, 5.74) is 2.64. The van der Waals surface area contributed by atoms with E-state index in [4.69, 9.17) is 4.74 Å². The third-order valence-corrected chi connectivity index (χ3v) is 5.15. The number of imide groups is 1. The van der Waals surface area contributed by atoms with Crippen LogP contribution in [0.2, 0.25) is 0 Å². The van der Waals surface area contributed by atoms with Crippen LogP contribution in [0, 0.1) is 6.92 Å². The number of esters is 1. The Labute approximate surface area is 184 Å². The predicted molar refractivity (Wildman–Crippen MR) is 117 cm³/mol. The third kappa shape index (κ3) is 4.13. The first kappa shape index (κ1) is 21.0. The molecule has 0 aromatic heterocycles. The van der Waals surface area contributed by atoms with Gasteiger partial charge in [-0.05, 0) is 42.3 Å². The van der Waals surface area contributed by atoms with Crippen LogP contribution in [0.4, 0.5) is 5.69 Å². The minimum absolute atomic E-state index is 0.0902. The quantitative estimate of drug-likeness (QED) is 0.481. The zero-order valence-corrected chi connectivity index (χ0v) is 17.3. The SMILES string of the molecule is Cc1ccccc1N1C(=O)c2ccc(C(=O)OCC(=O)NCc3ccccc3)cc2C1=O. The Morgan fingerprint density at radius 1 is 0.875 bits per heavy atom. The zero-order chi connectivity index (χ0) is 22.7. The highest BCUT2D eigenvalue weighted by molar-refractivity contribution is 6.34. The largest absolute Gasteiger partial charge is 0.452 e. The molecule has 1 aliphatic heterocycles. The van der Waals surface area contributed by atoms with E-state index in [1.807, 2.05) is 49.4 Å². The molecule has 0 bridgehead atoms. The number of ether oxygens (including phenoxy) is 1. The highest BCUT2D eigenvalue weighted by Crippen LogP contribution is 2.31. The van der Waals surface area contributed by atoms with Crippen LogP contribution in [0.25, 0.3) is 0 Å². The topological polar surface area (TPSA) is 92.8 Å². The summed E-state index contributed by atoms with van der Waals surface area (Å²) in [6, 6.07) is 20.6. The van der Waals surface area contributed by atoms with E-state index in [2.05, 4.69) is 5.32 Å². The monoisotopic (exact) mass is 428 g/mol. The van der Waals surface area contributed by atoms with Crippen LogP contribution in [0.3, 0.4) is 0 Å². The maximum atomic E-state index is 12.9. The lowest BCUT2D eigenvalue weighted by molar-refractivity contribution is -0.124. The van der Waals surface area contributed by atoms with Gasteiger partial charge in [0.2, 0.25) is 0 Å². The molecular weight excluding hydrogens is 408 g/mol. The van der Waals surface area contributed by atoms with Crippen LogP contribution in [0.5, 0.6) is 0 Å². The van der Waals surface area contributed by atoms with E-state index in [1.54, 1.807) is 12.1 Å². The molecule has 0 unspecified atom stereocenters. The molecule has 3 amide bonds. The van der Waals surface area contributed by atoms with Crippen molar-refractivity contribution < 1.29 is 23.9 Å². The van der Waals surface area contributed by atoms with Gasteiger partial charge in [0, 0.05) is 6.54 Å². The summed E-state index contributed by atoms with van der Waals surface area (Å²) >= 11 is 0. The first-order chi connectivity index (χ1) is 15.5. The lowest BCUT2D eigenvalue weighted by atomic mass is 10.1. The summed E-state index contributed by atoms with van der Waals surface area (Å²) in [7, 11) is 0. The van der Waals surface area contributed by atoms with Crippen molar-refractivity contribution >= 4 is 29.4 Å². The van der Waals surface area contributed by atoms with Gasteiger partial charge in [0.1, 0.15) is 0 Å². The number of rotatable bonds is 6. The Morgan fingerprint density at radius 2 is 1.56 bits per heavy atom. The number of aryl methyl sites for hydroxylation is 1. The molecule has 1 aliphatic rings. The van der Waals surface area contributed by atoms with E-state index in [9.17, 15) is 19.2 Å². The molecule has 32 heavy (non-hydrogen) atoms. The number of carbonyl (C=O) groups excluding carboxylic acids is 4. The van der Waals surface area contributed by atoms with Crippen LogP contribution < -0.4 is 10.2 Å². The standard InChI is InChI=1S/C25H20N2O5/c1-16-7-5-6-10-21(16)27-23(29)19-12-11-18(13-20(19)24(27)30)25(31)32-15-22(28)26-14-17-8-3-2-4-9-17/h2-13H,14-15H2,1H3,(H,26,28). The minimum Gasteiger partial charge on any atom is -0.452 e. The first-order valence-electron chi connectivity index (χ1n) is 10.0. The fraction of sp³-hybridized carbons (Fsp3) is 0.120. The highest BCUT2D eigenvalue weighted by Gasteiger charge is 2.37. The average Bonchev–Trinajstić information content (AvgIpc) is 3.06. The van der Waals surface area contributed by atoms with Crippen molar-refractivity contribution in [1.29, 1.82) is 0 Å². The number of hydrogen-bond donors (Lipinski definition) is 1. The van der Waals surface area contributed by atoms with E-state index in [0.717, 1.165) is 16.0 Å². The average molecular weight is 428 g/mol. The summed E-state index contributed by atoms with van der Waals surface area (Å²) in [6.07, 6.45) is 0. The lowest BCUT2D eigenvalue weighted by Crippen LogP contribution is -2.30. The molecule has 0 radical (unpaired) electrons. The minimum atomic E-state index is -0.753. The number of para-hydroxylation sites is 1. The Hall–Kier alpha value is -4.26. The normalized spacial score (nSPS) is 12.5. The van der Waals surface area contributed by atoms with Gasteiger partial charge in [0.15, 0.2) is 6.61 Å². The number of benzene rings is 3. The van der Waals surface area contributed by atoms with Gasteiger partial charge in [-0.1, -0.05) is 48.5 Å². The number of hydrogen-bond acceptors (Lipinski definition) is 5. The van der Waals surface area contributed by atoms with Gasteiger partial charge in [-0.3, -0.25) is 14.4 Å². The Bertz CT molecular complexity index is 1220. The second kappa shape index (κ2) is 8.85. The van der Waals surface area contributed by atoms with E-state index in [-0.39, 0.29) is 16.7 Å². The molecule has 1 N–H and O–H groups in total. The highest BCUT2D eigenvalue weighted by atomic mass is 16.5. The second-order valence-corrected chi connectivity index (χ2v) is 7.33. The number of nitrogens with zero attached hydrogens (tertiary/aromatic N) is 1. The van der Waals surface area contributed by atoms with Crippen molar-refractivity contribution in [2.45, 2.75) is 13.5 Å². The van der Waals surface area contributed by atoms with E-state index >= 15 is 0 Å². The molecule has 4 rings (SSSR count). The van der Waals surface area contributed by atoms with Gasteiger partial charge >= 0.3 is 5.97 Å². The van der Waals surface area contributed by atoms with Gasteiger partial charge < -0.3 is 10.1 Å². The number of fused-ring (bicyclic) bond motifs is 1. The molecule has 0 saturated heterocycles. The van der Waals surface area contributed by atoms with Gasteiger partial charge in [-0.2, -0.15) is 0 Å². The predicted octanol–water partition coefficient (Wildman–Crippen LogP) is 3.27. The van der Waals surface area contributed by atoms with Gasteiger partial charge in [0.05, 0.1) is 22.4 Å². The molecular formula is C25H20N2O5. The van der Waals surface area contributed by atoms with E-state index in [1.165, 1.54) is 18.2 Å². The maximum absolute atomic E-state index is 12.9. The van der Waals surface area contributed by atoms with E-state index in [0.29, 0.717) is 12.2 Å². The summed E-state index contributed by atoms with van der Waals surface area (Å²) < 4.78 is 5.07. The summed E-state index contributed by atoms with van der Waals surface area (Å²) in [5.74, 6) is -2.15. The smallest absolute Gasteiger partial charge is 0.338 e. The summed E-state index contributed by atoms with van der Waals surface area (Å²) in [4.78, 5) is 51.2. The van der Waals surface area contributed by atoms with Crippen molar-refractivity contribution in [2.24, 2.45) is 0 Å². The molecule has 160 valence electrons. The van der Waals surface area contributed by atoms with Crippen LogP contribution in [-0.4, -0.2) is 30.3 Å². The summed E-state index contributed by atoms with van der Waals surface area (Å²) in [6.45, 7) is 1.68. The molecule has 0 spiro atoms. The van der Waals surface area contributed by atoms with Crippen LogP contribution in [0.15, 0.2) is 72.8 Å². The number of carbonyl (C=O) groups is 4. The Morgan fingerprint density at radius 3 is 2.31 bits per heavy atom. The molecule has 0 aliphatic carbocycles. The Balaban J connectivity index is 1.42. The fourth-order valence-electron chi connectivity index (χ4n) is 3.46. The number of nitrogens with one attached hydrogen (secondary N) is 1. The van der Waals surface area contributed by atoms with Crippen LogP contribution in [-0.2, 0) is 16.1 Å². The number of amides is 3. The summed E-state index contributed by atoms with van der Waals surface area (Å²) in [5, 5.41) is 2.67. The molecule has 1 heterocycles. The molecule has 0 fully saturated rings. The molecule has 7 heteroatoms. The first-order valence-corrected chi connectivity index (χ1v) is 10.0. The number of anilines is 1. The lowest BCUT2D eigenvalue weighted by Gasteiger charge is -2.16. The van der Waals surface area contributed by atoms with Gasteiger partial charge in [-0.15, -0.1) is 0 Å². The third-order valence-electron chi connectivity index (χ3n) is 5.15. The second-order valence-electron chi connectivity index (χ2n) is 7.33. The molecule has 0 saturated carbocycles. The van der Waals surface area contributed by atoms with E-state index < -0.39 is 30.3 Å². The van der Waals surface area contributed by atoms with Crippen LogP contribution >= 0.6 is 0 Å². The molecule has 3 aromatic carbocycles. The van der Waals surface area contributed by atoms with Crippen molar-refractivity contribution in [2.75, 3.05) is 11.5 Å². The van der Waals surface area contributed by atoms with Crippen LogP contribution in [0.1, 0.15) is 42.2 Å². The van der Waals surface area contributed by atoms with Gasteiger partial charge in [-0.25, -0.2) is 9.69 Å². The molecule has 3 aromatic rings. The molecule has 0 atom stereocenters. The van der Waals surface area contributed by atoms with Crippen molar-refractivity contribution in [1.82, 2.24) is 5.32 Å². The fourth-order valence-corrected chi connectivity index (χ4v) is 3.46. The van der Waals surface area contributed by atoms with Crippen molar-refractivity contribution in [3.8, 4) is 0 Å².